The van der Waals surface area contributed by atoms with E-state index in [0.717, 1.165) is 16.5 Å². The van der Waals surface area contributed by atoms with E-state index in [1.807, 2.05) is 26.8 Å². The molecule has 0 aliphatic heterocycles. The van der Waals surface area contributed by atoms with E-state index in [2.05, 4.69) is 37.2 Å². The topological polar surface area (TPSA) is 94.8 Å². The Labute approximate surface area is 217 Å². The molecule has 0 aliphatic carbocycles. The second kappa shape index (κ2) is 11.7. The summed E-state index contributed by atoms with van der Waals surface area (Å²) in [5.74, 6) is -0.476. The molecule has 0 spiro atoms. The summed E-state index contributed by atoms with van der Waals surface area (Å²) < 4.78 is 16.7. The molecule has 188 valence electrons. The van der Waals surface area contributed by atoms with Gasteiger partial charge in [-0.25, -0.2) is 14.4 Å². The van der Waals surface area contributed by atoms with Crippen LogP contribution in [0.25, 0.3) is 11.0 Å². The van der Waals surface area contributed by atoms with Crippen molar-refractivity contribution in [2.75, 3.05) is 5.33 Å². The Kier molecular flexibility index (Phi) is 9.77. The lowest BCUT2D eigenvalue weighted by atomic mass is 9.98. The lowest BCUT2D eigenvalue weighted by Crippen LogP contribution is -2.48. The Morgan fingerprint density at radius 2 is 1.85 bits per heavy atom. The van der Waals surface area contributed by atoms with Crippen LogP contribution in [0.3, 0.4) is 0 Å². The Bertz CT molecular complexity index is 1110. The van der Waals surface area contributed by atoms with Crippen molar-refractivity contribution in [2.45, 2.75) is 77.8 Å². The third kappa shape index (κ3) is 7.31. The molecule has 0 aliphatic rings. The van der Waals surface area contributed by atoms with E-state index < -0.39 is 29.3 Å². The van der Waals surface area contributed by atoms with Crippen molar-refractivity contribution in [3.05, 3.63) is 39.2 Å². The maximum absolute atomic E-state index is 13.3. The highest BCUT2D eigenvalue weighted by Gasteiger charge is 2.31. The number of amides is 1. The molecule has 0 radical (unpaired) electrons. The van der Waals surface area contributed by atoms with E-state index >= 15 is 0 Å². The molecular formula is C25H33Br2NO6. The van der Waals surface area contributed by atoms with Gasteiger partial charge in [0.25, 0.3) is 0 Å². The van der Waals surface area contributed by atoms with Gasteiger partial charge in [-0.1, -0.05) is 52.1 Å². The van der Waals surface area contributed by atoms with E-state index in [1.165, 1.54) is 6.07 Å². The number of halogens is 2. The molecule has 1 amide bonds. The molecule has 34 heavy (non-hydrogen) atoms. The molecule has 0 saturated carbocycles. The molecule has 9 heteroatoms. The second-order valence-electron chi connectivity index (χ2n) is 9.50. The SMILES string of the molecule is CC[C@H](C)[C@@H](NC(=O)OC(C)(C)C)C(=O)Oc1c(C[C@@H](Br)CBr)cc2c(C)cc(=O)oc2c1C. The molecule has 3 atom stereocenters. The first kappa shape index (κ1) is 28.4. The van der Waals surface area contributed by atoms with Crippen molar-refractivity contribution in [1.29, 1.82) is 0 Å². The Morgan fingerprint density at radius 1 is 1.21 bits per heavy atom. The summed E-state index contributed by atoms with van der Waals surface area (Å²) >= 11 is 7.09. The number of carbonyl (C=O) groups is 2. The number of nitrogens with one attached hydrogen (secondary N) is 1. The number of fused-ring (bicyclic) bond motifs is 1. The first-order valence-corrected chi connectivity index (χ1v) is 13.3. The van der Waals surface area contributed by atoms with Gasteiger partial charge in [-0.05, 0) is 64.2 Å². The molecular weight excluding hydrogens is 570 g/mol. The average Bonchev–Trinajstić information content (AvgIpc) is 2.73. The summed E-state index contributed by atoms with van der Waals surface area (Å²) in [6.45, 7) is 12.6. The number of aryl methyl sites for hydroxylation is 2. The zero-order valence-electron chi connectivity index (χ0n) is 20.7. The second-order valence-corrected chi connectivity index (χ2v) is 11.4. The van der Waals surface area contributed by atoms with Gasteiger partial charge in [0.15, 0.2) is 0 Å². The predicted molar refractivity (Wildman–Crippen MR) is 140 cm³/mol. The summed E-state index contributed by atoms with van der Waals surface area (Å²) in [5.41, 5.74) is 1.32. The van der Waals surface area contributed by atoms with Crippen molar-refractivity contribution in [3.63, 3.8) is 0 Å². The third-order valence-corrected chi connectivity index (χ3v) is 7.75. The number of hydrogen-bond acceptors (Lipinski definition) is 6. The fourth-order valence-electron chi connectivity index (χ4n) is 3.51. The quantitative estimate of drug-likeness (QED) is 0.173. The fraction of sp³-hybridized carbons (Fsp3) is 0.560. The summed E-state index contributed by atoms with van der Waals surface area (Å²) in [6, 6.07) is 2.42. The molecule has 0 saturated heterocycles. The summed E-state index contributed by atoms with van der Waals surface area (Å²) in [7, 11) is 0. The van der Waals surface area contributed by atoms with Gasteiger partial charge >= 0.3 is 17.7 Å². The number of hydrogen-bond donors (Lipinski definition) is 1. The smallest absolute Gasteiger partial charge is 0.408 e. The first-order valence-electron chi connectivity index (χ1n) is 11.3. The number of benzene rings is 1. The molecule has 7 nitrogen and oxygen atoms in total. The normalized spacial score (nSPS) is 14.4. The first-order chi connectivity index (χ1) is 15.8. The van der Waals surface area contributed by atoms with Crippen molar-refractivity contribution in [1.82, 2.24) is 5.32 Å². The van der Waals surface area contributed by atoms with Crippen LogP contribution in [0.2, 0.25) is 0 Å². The molecule has 1 heterocycles. The van der Waals surface area contributed by atoms with Crippen LogP contribution >= 0.6 is 31.9 Å². The van der Waals surface area contributed by atoms with Crippen LogP contribution in [0.5, 0.6) is 5.75 Å². The minimum Gasteiger partial charge on any atom is -0.444 e. The van der Waals surface area contributed by atoms with Gasteiger partial charge in [0.1, 0.15) is 23.0 Å². The molecule has 1 N–H and O–H groups in total. The number of rotatable bonds is 8. The Hall–Kier alpha value is -1.87. The molecule has 1 aromatic carbocycles. The molecule has 2 rings (SSSR count). The van der Waals surface area contributed by atoms with Crippen molar-refractivity contribution >= 4 is 54.9 Å². The Balaban J connectivity index is 2.52. The van der Waals surface area contributed by atoms with E-state index in [0.29, 0.717) is 35.1 Å². The van der Waals surface area contributed by atoms with Gasteiger partial charge in [-0.15, -0.1) is 0 Å². The van der Waals surface area contributed by atoms with Gasteiger partial charge < -0.3 is 19.2 Å². The number of alkyl carbamates (subject to hydrolysis) is 1. The van der Waals surface area contributed by atoms with E-state index in [4.69, 9.17) is 13.9 Å². The van der Waals surface area contributed by atoms with Gasteiger partial charge in [0.05, 0.1) is 0 Å². The van der Waals surface area contributed by atoms with Gasteiger partial charge in [0.2, 0.25) is 0 Å². The van der Waals surface area contributed by atoms with Crippen molar-refractivity contribution < 1.29 is 23.5 Å². The van der Waals surface area contributed by atoms with E-state index in [-0.39, 0.29) is 10.7 Å². The third-order valence-electron chi connectivity index (χ3n) is 5.45. The molecule has 2 aromatic rings. The van der Waals surface area contributed by atoms with Crippen molar-refractivity contribution in [2.24, 2.45) is 5.92 Å². The number of esters is 1. The molecule has 0 bridgehead atoms. The highest BCUT2D eigenvalue weighted by molar-refractivity contribution is 9.12. The molecule has 1 aromatic heterocycles. The number of ether oxygens (including phenoxy) is 2. The van der Waals surface area contributed by atoms with E-state index in [9.17, 15) is 14.4 Å². The highest BCUT2D eigenvalue weighted by atomic mass is 79.9. The molecule has 0 unspecified atom stereocenters. The summed E-state index contributed by atoms with van der Waals surface area (Å²) in [5, 5.41) is 4.14. The van der Waals surface area contributed by atoms with Crippen LogP contribution in [0.1, 0.15) is 57.7 Å². The van der Waals surface area contributed by atoms with Crippen molar-refractivity contribution in [3.8, 4) is 5.75 Å². The lowest BCUT2D eigenvalue weighted by Gasteiger charge is -2.26. The average molecular weight is 603 g/mol. The van der Waals surface area contributed by atoms with Crippen LogP contribution in [0.15, 0.2) is 21.3 Å². The monoisotopic (exact) mass is 601 g/mol. The van der Waals surface area contributed by atoms with Crippen LogP contribution in [-0.4, -0.2) is 33.9 Å². The van der Waals surface area contributed by atoms with Gasteiger partial charge in [-0.3, -0.25) is 0 Å². The van der Waals surface area contributed by atoms with E-state index in [1.54, 1.807) is 27.7 Å². The van der Waals surface area contributed by atoms with Crippen LogP contribution in [-0.2, 0) is 16.0 Å². The van der Waals surface area contributed by atoms with Crippen LogP contribution in [0, 0.1) is 19.8 Å². The minimum absolute atomic E-state index is 0.0862. The highest BCUT2D eigenvalue weighted by Crippen LogP contribution is 2.35. The maximum Gasteiger partial charge on any atom is 0.408 e. The number of alkyl halides is 2. The predicted octanol–water partition coefficient (Wildman–Crippen LogP) is 5.96. The van der Waals surface area contributed by atoms with Crippen LogP contribution in [0.4, 0.5) is 4.79 Å². The Morgan fingerprint density at radius 3 is 2.41 bits per heavy atom. The lowest BCUT2D eigenvalue weighted by molar-refractivity contribution is -0.138. The minimum atomic E-state index is -0.914. The zero-order chi connectivity index (χ0) is 25.8. The fourth-order valence-corrected chi connectivity index (χ4v) is 4.09. The molecule has 0 fully saturated rings. The standard InChI is InChI=1S/C25H33Br2NO6/c1-8-13(2)20(28-24(31)34-25(5,6)7)23(30)33-21-15(4)22-18(14(3)9-19(29)32-22)11-16(21)10-17(27)12-26/h9,11,13,17,20H,8,10,12H2,1-7H3,(H,28,31)/t13-,17+,20+/m0/s1. The van der Waals surface area contributed by atoms with Gasteiger partial charge in [-0.2, -0.15) is 0 Å². The van der Waals surface area contributed by atoms with Crippen LogP contribution < -0.4 is 15.7 Å². The van der Waals surface area contributed by atoms with Gasteiger partial charge in [0, 0.05) is 27.2 Å². The summed E-state index contributed by atoms with van der Waals surface area (Å²) in [4.78, 5) is 37.9. The summed E-state index contributed by atoms with van der Waals surface area (Å²) in [6.07, 6.45) is 0.517. The number of carbonyl (C=O) groups excluding carboxylic acids is 2. The maximum atomic E-state index is 13.3. The zero-order valence-corrected chi connectivity index (χ0v) is 23.9. The largest absolute Gasteiger partial charge is 0.444 e.